The monoisotopic (exact) mass is 293 g/mol. The van der Waals surface area contributed by atoms with E-state index in [0.717, 1.165) is 12.3 Å². The first kappa shape index (κ1) is 11.4. The maximum atomic E-state index is 12.5. The average Bonchev–Trinajstić information content (AvgIpc) is 2.59. The van der Waals surface area contributed by atoms with Gasteiger partial charge in [0.25, 0.3) is 0 Å². The highest BCUT2D eigenvalue weighted by Crippen LogP contribution is 2.32. The van der Waals surface area contributed by atoms with Crippen LogP contribution in [0.25, 0.3) is 5.65 Å². The summed E-state index contributed by atoms with van der Waals surface area (Å²) in [6.45, 7) is 0.190. The van der Waals surface area contributed by atoms with Crippen molar-refractivity contribution in [2.45, 2.75) is 12.7 Å². The first-order valence-corrected chi connectivity index (χ1v) is 5.15. The summed E-state index contributed by atoms with van der Waals surface area (Å²) in [4.78, 5) is 4.08. The Kier molecular flexibility index (Phi) is 2.67. The summed E-state index contributed by atoms with van der Waals surface area (Å²) < 4.78 is 39.1. The largest absolute Gasteiger partial charge is 0.417 e. The van der Waals surface area contributed by atoms with Crippen LogP contribution in [0, 0.1) is 0 Å². The first-order valence-electron chi connectivity index (χ1n) is 4.36. The molecule has 0 bridgehead atoms. The van der Waals surface area contributed by atoms with Crippen molar-refractivity contribution in [3.63, 3.8) is 0 Å². The Morgan fingerprint density at radius 2 is 2.06 bits per heavy atom. The van der Waals surface area contributed by atoms with Gasteiger partial charge in [0.2, 0.25) is 0 Å². The van der Waals surface area contributed by atoms with Crippen LogP contribution in [0.3, 0.4) is 0 Å². The minimum Gasteiger partial charge on any atom is -0.325 e. The van der Waals surface area contributed by atoms with Crippen LogP contribution < -0.4 is 5.73 Å². The molecule has 0 amide bonds. The Morgan fingerprint density at radius 3 is 2.62 bits per heavy atom. The minimum absolute atomic E-state index is 0.190. The fourth-order valence-electron chi connectivity index (χ4n) is 1.36. The van der Waals surface area contributed by atoms with E-state index in [1.807, 2.05) is 0 Å². The third kappa shape index (κ3) is 1.92. The van der Waals surface area contributed by atoms with Gasteiger partial charge in [0, 0.05) is 18.9 Å². The zero-order chi connectivity index (χ0) is 11.9. The zero-order valence-corrected chi connectivity index (χ0v) is 9.51. The number of rotatable bonds is 1. The molecule has 2 aromatic heterocycles. The van der Waals surface area contributed by atoms with Gasteiger partial charge in [-0.3, -0.25) is 0 Å². The second kappa shape index (κ2) is 3.74. The SMILES string of the molecule is NCc1cn2cc(C(F)(F)F)cc(Br)c2n1. The van der Waals surface area contributed by atoms with E-state index in [1.165, 1.54) is 10.6 Å². The number of nitrogens with two attached hydrogens (primary N) is 1. The second-order valence-electron chi connectivity index (χ2n) is 3.24. The molecule has 0 fully saturated rings. The summed E-state index contributed by atoms with van der Waals surface area (Å²) >= 11 is 3.06. The zero-order valence-electron chi connectivity index (χ0n) is 7.92. The Balaban J connectivity index is 2.67. The quantitative estimate of drug-likeness (QED) is 0.878. The van der Waals surface area contributed by atoms with Crippen LogP contribution in [0.15, 0.2) is 22.9 Å². The van der Waals surface area contributed by atoms with E-state index in [0.29, 0.717) is 15.8 Å². The molecule has 0 aliphatic carbocycles. The average molecular weight is 294 g/mol. The highest BCUT2D eigenvalue weighted by Gasteiger charge is 2.31. The molecule has 2 rings (SSSR count). The Hall–Kier alpha value is -1.08. The van der Waals surface area contributed by atoms with Crippen molar-refractivity contribution in [2.75, 3.05) is 0 Å². The van der Waals surface area contributed by atoms with E-state index < -0.39 is 11.7 Å². The summed E-state index contributed by atoms with van der Waals surface area (Å²) in [6, 6.07) is 1.00. The molecule has 0 radical (unpaired) electrons. The van der Waals surface area contributed by atoms with E-state index >= 15 is 0 Å². The lowest BCUT2D eigenvalue weighted by atomic mass is 10.3. The van der Waals surface area contributed by atoms with Crippen molar-refractivity contribution in [1.82, 2.24) is 9.38 Å². The molecule has 2 N–H and O–H groups in total. The summed E-state index contributed by atoms with van der Waals surface area (Å²) in [7, 11) is 0. The van der Waals surface area contributed by atoms with Crippen LogP contribution in [-0.2, 0) is 12.7 Å². The van der Waals surface area contributed by atoms with Gasteiger partial charge in [-0.15, -0.1) is 0 Å². The lowest BCUT2D eigenvalue weighted by Gasteiger charge is -2.07. The number of halogens is 4. The molecule has 0 aromatic carbocycles. The number of alkyl halides is 3. The van der Waals surface area contributed by atoms with Crippen LogP contribution in [0.2, 0.25) is 0 Å². The Labute approximate surface area is 97.2 Å². The van der Waals surface area contributed by atoms with Crippen molar-refractivity contribution in [3.05, 3.63) is 34.2 Å². The number of pyridine rings is 1. The van der Waals surface area contributed by atoms with E-state index in [4.69, 9.17) is 5.73 Å². The van der Waals surface area contributed by atoms with Crippen molar-refractivity contribution < 1.29 is 13.2 Å². The topological polar surface area (TPSA) is 43.3 Å². The van der Waals surface area contributed by atoms with Gasteiger partial charge in [0.15, 0.2) is 5.65 Å². The van der Waals surface area contributed by atoms with E-state index in [-0.39, 0.29) is 6.54 Å². The highest BCUT2D eigenvalue weighted by molar-refractivity contribution is 9.10. The van der Waals surface area contributed by atoms with Crippen molar-refractivity contribution in [2.24, 2.45) is 5.73 Å². The molecule has 0 aliphatic heterocycles. The standard InChI is InChI=1S/C9H7BrF3N3/c10-7-1-5(9(11,12)13)3-16-4-6(2-14)15-8(7)16/h1,3-4H,2,14H2. The number of hydrogen-bond donors (Lipinski definition) is 1. The van der Waals surface area contributed by atoms with Crippen molar-refractivity contribution in [3.8, 4) is 0 Å². The van der Waals surface area contributed by atoms with E-state index in [1.54, 1.807) is 0 Å². The van der Waals surface area contributed by atoms with Gasteiger partial charge in [-0.1, -0.05) is 0 Å². The molecule has 0 spiro atoms. The van der Waals surface area contributed by atoms with Gasteiger partial charge in [-0.2, -0.15) is 13.2 Å². The van der Waals surface area contributed by atoms with Gasteiger partial charge < -0.3 is 10.1 Å². The highest BCUT2D eigenvalue weighted by atomic mass is 79.9. The van der Waals surface area contributed by atoms with Crippen LogP contribution in [0.1, 0.15) is 11.3 Å². The first-order chi connectivity index (χ1) is 7.41. The van der Waals surface area contributed by atoms with Crippen LogP contribution in [0.5, 0.6) is 0 Å². The minimum atomic E-state index is -4.37. The maximum absolute atomic E-state index is 12.5. The van der Waals surface area contributed by atoms with Crippen LogP contribution in [0.4, 0.5) is 13.2 Å². The molecular weight excluding hydrogens is 287 g/mol. The normalized spacial score (nSPS) is 12.3. The lowest BCUT2D eigenvalue weighted by Crippen LogP contribution is -2.06. The lowest BCUT2D eigenvalue weighted by molar-refractivity contribution is -0.137. The predicted octanol–water partition coefficient (Wildman–Crippen LogP) is 2.57. The van der Waals surface area contributed by atoms with Gasteiger partial charge in [-0.25, -0.2) is 4.98 Å². The third-order valence-electron chi connectivity index (χ3n) is 2.09. The molecule has 16 heavy (non-hydrogen) atoms. The van der Waals surface area contributed by atoms with Gasteiger partial charge >= 0.3 is 6.18 Å². The summed E-state index contributed by atoms with van der Waals surface area (Å²) in [6.07, 6.45) is -1.90. The predicted molar refractivity (Wildman–Crippen MR) is 55.8 cm³/mol. The molecule has 0 atom stereocenters. The molecule has 86 valence electrons. The summed E-state index contributed by atoms with van der Waals surface area (Å²) in [5.41, 5.74) is 5.61. The number of imidazole rings is 1. The smallest absolute Gasteiger partial charge is 0.325 e. The van der Waals surface area contributed by atoms with E-state index in [2.05, 4.69) is 20.9 Å². The molecule has 0 saturated heterocycles. The van der Waals surface area contributed by atoms with Crippen LogP contribution in [-0.4, -0.2) is 9.38 Å². The number of hydrogen-bond acceptors (Lipinski definition) is 2. The molecule has 7 heteroatoms. The van der Waals surface area contributed by atoms with E-state index in [9.17, 15) is 13.2 Å². The Bertz CT molecular complexity index is 533. The molecule has 3 nitrogen and oxygen atoms in total. The van der Waals surface area contributed by atoms with Crippen molar-refractivity contribution in [1.29, 1.82) is 0 Å². The van der Waals surface area contributed by atoms with Gasteiger partial charge in [0.05, 0.1) is 15.7 Å². The Morgan fingerprint density at radius 1 is 1.38 bits per heavy atom. The number of fused-ring (bicyclic) bond motifs is 1. The third-order valence-corrected chi connectivity index (χ3v) is 2.68. The van der Waals surface area contributed by atoms with Crippen LogP contribution >= 0.6 is 15.9 Å². The molecular formula is C9H7BrF3N3. The second-order valence-corrected chi connectivity index (χ2v) is 4.10. The van der Waals surface area contributed by atoms with Crippen molar-refractivity contribution >= 4 is 21.6 Å². The van der Waals surface area contributed by atoms with Gasteiger partial charge in [0.1, 0.15) is 0 Å². The fraction of sp³-hybridized carbons (Fsp3) is 0.222. The molecule has 2 heterocycles. The molecule has 0 unspecified atom stereocenters. The summed E-state index contributed by atoms with van der Waals surface area (Å²) in [5, 5.41) is 0. The van der Waals surface area contributed by atoms with Gasteiger partial charge in [-0.05, 0) is 22.0 Å². The summed E-state index contributed by atoms with van der Waals surface area (Å²) in [5.74, 6) is 0. The number of aromatic nitrogens is 2. The number of nitrogens with zero attached hydrogens (tertiary/aromatic N) is 2. The molecule has 2 aromatic rings. The maximum Gasteiger partial charge on any atom is 0.417 e. The molecule has 0 saturated carbocycles. The molecule has 0 aliphatic rings. The fourth-order valence-corrected chi connectivity index (χ4v) is 1.90.